The lowest BCUT2D eigenvalue weighted by Gasteiger charge is -2.15. The monoisotopic (exact) mass is 614 g/mol. The first-order chi connectivity index (χ1) is 22.1. The van der Waals surface area contributed by atoms with E-state index < -0.39 is 23.4 Å². The molecule has 4 aromatic carbocycles. The van der Waals surface area contributed by atoms with E-state index >= 15 is 0 Å². The lowest BCUT2D eigenvalue weighted by atomic mass is 10.1. The van der Waals surface area contributed by atoms with E-state index in [9.17, 15) is 19.2 Å². The maximum absolute atomic E-state index is 13.0. The predicted octanol–water partition coefficient (Wildman–Crippen LogP) is 5.90. The molecule has 0 aliphatic rings. The Bertz CT molecular complexity index is 1660. The molecule has 0 aliphatic carbocycles. The molecule has 0 radical (unpaired) electrons. The first kappa shape index (κ1) is 33.1. The summed E-state index contributed by atoms with van der Waals surface area (Å²) in [4.78, 5) is 51.5. The average Bonchev–Trinajstić information content (AvgIpc) is 3.04. The van der Waals surface area contributed by atoms with Crippen molar-refractivity contribution in [2.75, 3.05) is 23.7 Å². The molecule has 8 nitrogen and oxygen atoms in total. The molecule has 46 heavy (non-hydrogen) atoms. The lowest BCUT2D eigenvalue weighted by Crippen LogP contribution is -2.28. The van der Waals surface area contributed by atoms with Crippen LogP contribution in [0.4, 0.5) is 11.4 Å². The zero-order valence-corrected chi connectivity index (χ0v) is 26.4. The van der Waals surface area contributed by atoms with Crippen molar-refractivity contribution in [2.24, 2.45) is 0 Å². The normalized spacial score (nSPS) is 11.4. The van der Waals surface area contributed by atoms with Crippen molar-refractivity contribution in [3.63, 3.8) is 0 Å². The number of hydrogen-bond donors (Lipinski definition) is 4. The molecular formula is C38H38N4O4. The molecule has 2 amide bonds. The van der Waals surface area contributed by atoms with Crippen LogP contribution < -0.4 is 21.3 Å². The van der Waals surface area contributed by atoms with Gasteiger partial charge in [0.2, 0.25) is 11.6 Å². The lowest BCUT2D eigenvalue weighted by molar-refractivity contribution is -0.131. The Morgan fingerprint density at radius 3 is 1.20 bits per heavy atom. The molecule has 4 N–H and O–H groups in total. The SMILES string of the molecule is Cc1ccc(C(=CC(=O)C(=O)Nc2ccccc2C)NCCNC(=CC(=O)C(=O)Nc2ccccc2C)c2ccc(C)cc2)cc1. The van der Waals surface area contributed by atoms with E-state index in [4.69, 9.17) is 0 Å². The highest BCUT2D eigenvalue weighted by molar-refractivity contribution is 6.46. The van der Waals surface area contributed by atoms with E-state index in [1.54, 1.807) is 24.3 Å². The van der Waals surface area contributed by atoms with Crippen molar-refractivity contribution < 1.29 is 19.2 Å². The van der Waals surface area contributed by atoms with Crippen LogP contribution in [0.15, 0.2) is 109 Å². The summed E-state index contributed by atoms with van der Waals surface area (Å²) in [5.41, 5.74) is 7.36. The Morgan fingerprint density at radius 1 is 0.500 bits per heavy atom. The second-order valence-corrected chi connectivity index (χ2v) is 11.0. The number of nitrogens with one attached hydrogen (secondary N) is 4. The largest absolute Gasteiger partial charge is 0.383 e. The van der Waals surface area contributed by atoms with Gasteiger partial charge in [-0.1, -0.05) is 96.1 Å². The summed E-state index contributed by atoms with van der Waals surface area (Å²) >= 11 is 0. The number of ketones is 2. The van der Waals surface area contributed by atoms with Crippen molar-refractivity contribution in [1.82, 2.24) is 10.6 Å². The van der Waals surface area contributed by atoms with Crippen molar-refractivity contribution in [1.29, 1.82) is 0 Å². The van der Waals surface area contributed by atoms with Gasteiger partial charge in [0.15, 0.2) is 0 Å². The van der Waals surface area contributed by atoms with Crippen LogP contribution in [0.2, 0.25) is 0 Å². The smallest absolute Gasteiger partial charge is 0.296 e. The number of carbonyl (C=O) groups is 4. The Kier molecular flexibility index (Phi) is 11.4. The molecule has 4 rings (SSSR count). The van der Waals surface area contributed by atoms with Crippen LogP contribution in [0.5, 0.6) is 0 Å². The summed E-state index contributed by atoms with van der Waals surface area (Å²) in [6.45, 7) is 8.30. The summed E-state index contributed by atoms with van der Waals surface area (Å²) in [5.74, 6) is -2.90. The molecule has 8 heteroatoms. The molecule has 0 aromatic heterocycles. The van der Waals surface area contributed by atoms with Gasteiger partial charge < -0.3 is 21.3 Å². The van der Waals surface area contributed by atoms with Crippen LogP contribution in [0.1, 0.15) is 33.4 Å². The first-order valence-electron chi connectivity index (χ1n) is 15.0. The molecule has 234 valence electrons. The molecular weight excluding hydrogens is 576 g/mol. The number of benzene rings is 4. The number of amides is 2. The van der Waals surface area contributed by atoms with Gasteiger partial charge in [-0.2, -0.15) is 0 Å². The molecule has 0 saturated heterocycles. The van der Waals surface area contributed by atoms with Gasteiger partial charge in [0.1, 0.15) is 0 Å². The molecule has 0 unspecified atom stereocenters. The second kappa shape index (κ2) is 15.8. The van der Waals surface area contributed by atoms with Crippen molar-refractivity contribution in [3.05, 3.63) is 143 Å². The number of aryl methyl sites for hydroxylation is 4. The van der Waals surface area contributed by atoms with Crippen LogP contribution in [0, 0.1) is 27.7 Å². The zero-order valence-electron chi connectivity index (χ0n) is 26.4. The highest BCUT2D eigenvalue weighted by Gasteiger charge is 2.16. The highest BCUT2D eigenvalue weighted by Crippen LogP contribution is 2.17. The van der Waals surface area contributed by atoms with Crippen LogP contribution in [-0.2, 0) is 19.2 Å². The predicted molar refractivity (Wildman–Crippen MR) is 184 cm³/mol. The third-order valence-corrected chi connectivity index (χ3v) is 7.27. The van der Waals surface area contributed by atoms with E-state index in [1.807, 2.05) is 100 Å². The van der Waals surface area contributed by atoms with E-state index in [0.717, 1.165) is 33.4 Å². The molecule has 0 atom stereocenters. The molecule has 0 fully saturated rings. The van der Waals surface area contributed by atoms with E-state index in [2.05, 4.69) is 21.3 Å². The molecule has 0 saturated carbocycles. The molecule has 0 heterocycles. The number of carbonyl (C=O) groups excluding carboxylic acids is 4. The van der Waals surface area contributed by atoms with Gasteiger partial charge in [-0.3, -0.25) is 19.2 Å². The minimum atomic E-state index is -0.745. The van der Waals surface area contributed by atoms with Crippen molar-refractivity contribution in [2.45, 2.75) is 27.7 Å². The minimum Gasteiger partial charge on any atom is -0.383 e. The maximum atomic E-state index is 13.0. The fourth-order valence-corrected chi connectivity index (χ4v) is 4.52. The summed E-state index contributed by atoms with van der Waals surface area (Å²) < 4.78 is 0. The zero-order chi connectivity index (χ0) is 33.1. The number of para-hydroxylation sites is 2. The van der Waals surface area contributed by atoms with Crippen molar-refractivity contribution >= 4 is 46.1 Å². The van der Waals surface area contributed by atoms with Gasteiger partial charge in [0.25, 0.3) is 11.8 Å². The summed E-state index contributed by atoms with van der Waals surface area (Å²) in [5, 5.41) is 11.9. The van der Waals surface area contributed by atoms with Gasteiger partial charge in [-0.15, -0.1) is 0 Å². The van der Waals surface area contributed by atoms with Gasteiger partial charge >= 0.3 is 0 Å². The molecule has 4 aromatic rings. The third kappa shape index (κ3) is 9.37. The standard InChI is InChI=1S/C38H38N4O4/c1-25-13-17-29(18-14-25)33(23-35(43)37(45)41-31-11-7-5-9-27(31)3)39-21-22-40-34(30-19-15-26(2)16-20-30)24-36(44)38(46)42-32-12-8-6-10-28(32)4/h5-20,23-24,39-40H,21-22H2,1-4H3,(H,41,45)(H,42,46). The maximum Gasteiger partial charge on any atom is 0.296 e. The van der Waals surface area contributed by atoms with Crippen LogP contribution >= 0.6 is 0 Å². The fourth-order valence-electron chi connectivity index (χ4n) is 4.52. The first-order valence-corrected chi connectivity index (χ1v) is 15.0. The van der Waals surface area contributed by atoms with Gasteiger partial charge in [0, 0.05) is 48.0 Å². The number of anilines is 2. The summed E-state index contributed by atoms with van der Waals surface area (Å²) in [6, 6.07) is 29.7. The topological polar surface area (TPSA) is 116 Å². The van der Waals surface area contributed by atoms with Gasteiger partial charge in [-0.25, -0.2) is 0 Å². The van der Waals surface area contributed by atoms with E-state index in [0.29, 0.717) is 35.9 Å². The quantitative estimate of drug-likeness (QED) is 0.0847. The van der Waals surface area contributed by atoms with E-state index in [1.165, 1.54) is 12.2 Å². The van der Waals surface area contributed by atoms with E-state index in [-0.39, 0.29) is 0 Å². The number of rotatable bonds is 13. The van der Waals surface area contributed by atoms with Gasteiger partial charge in [-0.05, 0) is 62.1 Å². The average molecular weight is 615 g/mol. The Balaban J connectivity index is 1.48. The number of hydrogen-bond acceptors (Lipinski definition) is 6. The van der Waals surface area contributed by atoms with Gasteiger partial charge in [0.05, 0.1) is 0 Å². The van der Waals surface area contributed by atoms with Crippen LogP contribution in [-0.4, -0.2) is 36.5 Å². The third-order valence-electron chi connectivity index (χ3n) is 7.27. The Morgan fingerprint density at radius 2 is 0.848 bits per heavy atom. The minimum absolute atomic E-state index is 0.333. The van der Waals surface area contributed by atoms with Crippen LogP contribution in [0.25, 0.3) is 11.4 Å². The fraction of sp³-hybridized carbons (Fsp3) is 0.158. The summed E-state index contributed by atoms with van der Waals surface area (Å²) in [7, 11) is 0. The van der Waals surface area contributed by atoms with Crippen LogP contribution in [0.3, 0.4) is 0 Å². The summed E-state index contributed by atoms with van der Waals surface area (Å²) in [6.07, 6.45) is 2.57. The molecule has 0 spiro atoms. The Hall–Kier alpha value is -5.76. The highest BCUT2D eigenvalue weighted by atomic mass is 16.2. The molecule has 0 bridgehead atoms. The second-order valence-electron chi connectivity index (χ2n) is 11.0. The van der Waals surface area contributed by atoms with Crippen molar-refractivity contribution in [3.8, 4) is 0 Å². The Labute approximate surface area is 269 Å². The molecule has 0 aliphatic heterocycles.